The highest BCUT2D eigenvalue weighted by molar-refractivity contribution is 5.66. The minimum absolute atomic E-state index is 0.226. The van der Waals surface area contributed by atoms with Crippen LogP contribution in [-0.2, 0) is 4.79 Å². The van der Waals surface area contributed by atoms with Crippen molar-refractivity contribution in [1.29, 1.82) is 0 Å². The zero-order valence-electron chi connectivity index (χ0n) is 22.8. The molecule has 0 aliphatic carbocycles. The summed E-state index contributed by atoms with van der Waals surface area (Å²) in [5, 5.41) is 28.9. The Kier molecular flexibility index (Phi) is 26.5. The molecular weight excluding hydrogens is 424 g/mol. The molecule has 4 nitrogen and oxygen atoms in total. The summed E-state index contributed by atoms with van der Waals surface area (Å²) < 4.78 is 0. The van der Waals surface area contributed by atoms with Crippen LogP contribution in [0.3, 0.4) is 0 Å². The van der Waals surface area contributed by atoms with Gasteiger partial charge in [0.1, 0.15) is 0 Å². The van der Waals surface area contributed by atoms with Crippen LogP contribution in [0.25, 0.3) is 0 Å². The molecule has 0 aliphatic heterocycles. The zero-order chi connectivity index (χ0) is 25.1. The Hall–Kier alpha value is -0.610. The third-order valence-corrected chi connectivity index (χ3v) is 7.15. The summed E-state index contributed by atoms with van der Waals surface area (Å²) in [6.07, 6.45) is 29.4. The van der Waals surface area contributed by atoms with Gasteiger partial charge < -0.3 is 15.3 Å². The smallest absolute Gasteiger partial charge is 0.303 e. The zero-order valence-corrected chi connectivity index (χ0v) is 22.8. The van der Waals surface area contributed by atoms with E-state index in [1.807, 2.05) is 0 Å². The molecule has 3 N–H and O–H groups in total. The van der Waals surface area contributed by atoms with Gasteiger partial charge in [-0.15, -0.1) is 0 Å². The van der Waals surface area contributed by atoms with Crippen molar-refractivity contribution in [3.05, 3.63) is 0 Å². The van der Waals surface area contributed by atoms with Gasteiger partial charge in [0.15, 0.2) is 0 Å². The molecule has 0 aromatic rings. The van der Waals surface area contributed by atoms with Crippen LogP contribution in [0, 0.1) is 0 Å². The maximum atomic E-state index is 10.4. The molecule has 0 bridgehead atoms. The SMILES string of the molecule is CCCCCCCCC(O)CCC(O)CCCCCCCCCCCCCCCCCC(=O)O. The Bertz CT molecular complexity index is 413. The average molecular weight is 485 g/mol. The van der Waals surface area contributed by atoms with Gasteiger partial charge in [-0.25, -0.2) is 0 Å². The Morgan fingerprint density at radius 3 is 1.09 bits per heavy atom. The lowest BCUT2D eigenvalue weighted by molar-refractivity contribution is -0.137. The van der Waals surface area contributed by atoms with Crippen molar-refractivity contribution in [1.82, 2.24) is 0 Å². The van der Waals surface area contributed by atoms with Crippen molar-refractivity contribution in [2.45, 2.75) is 186 Å². The first-order chi connectivity index (χ1) is 16.6. The predicted octanol–water partition coefficient (Wildman–Crippen LogP) is 8.96. The van der Waals surface area contributed by atoms with Gasteiger partial charge in [0.2, 0.25) is 0 Å². The van der Waals surface area contributed by atoms with Crippen LogP contribution in [0.5, 0.6) is 0 Å². The van der Waals surface area contributed by atoms with Crippen molar-refractivity contribution < 1.29 is 20.1 Å². The van der Waals surface area contributed by atoms with Gasteiger partial charge in [0.05, 0.1) is 12.2 Å². The van der Waals surface area contributed by atoms with Crippen molar-refractivity contribution in [3.63, 3.8) is 0 Å². The number of hydrogen-bond donors (Lipinski definition) is 3. The number of unbranched alkanes of at least 4 members (excludes halogenated alkanes) is 19. The molecule has 0 fully saturated rings. The maximum Gasteiger partial charge on any atom is 0.303 e. The van der Waals surface area contributed by atoms with Crippen LogP contribution in [-0.4, -0.2) is 33.5 Å². The number of aliphatic hydroxyl groups excluding tert-OH is 2. The lowest BCUT2D eigenvalue weighted by Gasteiger charge is -2.14. The van der Waals surface area contributed by atoms with E-state index in [0.717, 1.165) is 51.4 Å². The van der Waals surface area contributed by atoms with E-state index in [4.69, 9.17) is 5.11 Å². The Morgan fingerprint density at radius 2 is 0.765 bits per heavy atom. The number of rotatable bonds is 28. The molecule has 0 saturated carbocycles. The molecule has 0 spiro atoms. The second kappa shape index (κ2) is 27.0. The minimum atomic E-state index is -0.667. The Labute approximate surface area is 212 Å². The largest absolute Gasteiger partial charge is 0.481 e. The highest BCUT2D eigenvalue weighted by Gasteiger charge is 2.09. The minimum Gasteiger partial charge on any atom is -0.481 e. The molecule has 0 radical (unpaired) electrons. The second-order valence-corrected chi connectivity index (χ2v) is 10.7. The number of carbonyl (C=O) groups is 1. The number of aliphatic hydroxyl groups is 2. The molecule has 2 unspecified atom stereocenters. The van der Waals surface area contributed by atoms with Gasteiger partial charge >= 0.3 is 5.97 Å². The summed E-state index contributed by atoms with van der Waals surface area (Å²) in [5.74, 6) is -0.667. The van der Waals surface area contributed by atoms with Gasteiger partial charge in [-0.05, 0) is 32.1 Å². The van der Waals surface area contributed by atoms with Gasteiger partial charge in [-0.1, -0.05) is 135 Å². The van der Waals surface area contributed by atoms with Gasteiger partial charge in [0, 0.05) is 6.42 Å². The highest BCUT2D eigenvalue weighted by Crippen LogP contribution is 2.17. The first-order valence-electron chi connectivity index (χ1n) is 15.1. The van der Waals surface area contributed by atoms with Crippen molar-refractivity contribution in [2.75, 3.05) is 0 Å². The highest BCUT2D eigenvalue weighted by atomic mass is 16.4. The van der Waals surface area contributed by atoms with Gasteiger partial charge in [-0.3, -0.25) is 4.79 Å². The fraction of sp³-hybridized carbons (Fsp3) is 0.967. The van der Waals surface area contributed by atoms with E-state index < -0.39 is 5.97 Å². The summed E-state index contributed by atoms with van der Waals surface area (Å²) in [5.41, 5.74) is 0. The van der Waals surface area contributed by atoms with Crippen LogP contribution < -0.4 is 0 Å². The summed E-state index contributed by atoms with van der Waals surface area (Å²) in [7, 11) is 0. The van der Waals surface area contributed by atoms with E-state index in [2.05, 4.69) is 6.92 Å². The predicted molar refractivity (Wildman–Crippen MR) is 145 cm³/mol. The number of carboxylic acid groups (broad SMARTS) is 1. The molecule has 0 aromatic carbocycles. The summed E-state index contributed by atoms with van der Waals surface area (Å²) >= 11 is 0. The standard InChI is InChI=1S/C30H60O4/c1-2-3-4-5-17-20-23-28(31)26-27-29(32)24-21-18-15-13-11-9-7-6-8-10-12-14-16-19-22-25-30(33)34/h28-29,31-32H,2-27H2,1H3,(H,33,34). The number of hydrogen-bond acceptors (Lipinski definition) is 3. The summed E-state index contributed by atoms with van der Waals surface area (Å²) in [4.78, 5) is 10.4. The monoisotopic (exact) mass is 484 g/mol. The van der Waals surface area contributed by atoms with Gasteiger partial charge in [0.25, 0.3) is 0 Å². The van der Waals surface area contributed by atoms with Crippen LogP contribution >= 0.6 is 0 Å². The Balaban J connectivity index is 3.24. The maximum absolute atomic E-state index is 10.4. The normalized spacial score (nSPS) is 13.3. The van der Waals surface area contributed by atoms with Crippen LogP contribution in [0.1, 0.15) is 174 Å². The second-order valence-electron chi connectivity index (χ2n) is 10.7. The third-order valence-electron chi connectivity index (χ3n) is 7.15. The molecule has 0 aliphatic rings. The molecular formula is C30H60O4. The van der Waals surface area contributed by atoms with Crippen LogP contribution in [0.2, 0.25) is 0 Å². The average Bonchev–Trinajstić information content (AvgIpc) is 2.81. The molecule has 0 amide bonds. The van der Waals surface area contributed by atoms with Crippen LogP contribution in [0.4, 0.5) is 0 Å². The molecule has 204 valence electrons. The lowest BCUT2D eigenvalue weighted by Crippen LogP contribution is -2.13. The molecule has 2 atom stereocenters. The molecule has 4 heteroatoms. The topological polar surface area (TPSA) is 77.8 Å². The molecule has 0 heterocycles. The van der Waals surface area contributed by atoms with Crippen LogP contribution in [0.15, 0.2) is 0 Å². The van der Waals surface area contributed by atoms with E-state index in [1.165, 1.54) is 109 Å². The summed E-state index contributed by atoms with van der Waals surface area (Å²) in [6, 6.07) is 0. The quantitative estimate of drug-likeness (QED) is 0.0968. The van der Waals surface area contributed by atoms with E-state index in [9.17, 15) is 15.0 Å². The van der Waals surface area contributed by atoms with Crippen molar-refractivity contribution in [2.24, 2.45) is 0 Å². The van der Waals surface area contributed by atoms with E-state index in [1.54, 1.807) is 0 Å². The van der Waals surface area contributed by atoms with Gasteiger partial charge in [-0.2, -0.15) is 0 Å². The molecule has 0 rings (SSSR count). The van der Waals surface area contributed by atoms with E-state index in [-0.39, 0.29) is 12.2 Å². The van der Waals surface area contributed by atoms with Crippen molar-refractivity contribution >= 4 is 5.97 Å². The molecule has 0 aromatic heterocycles. The number of aliphatic carboxylic acids is 1. The number of carboxylic acids is 1. The van der Waals surface area contributed by atoms with E-state index >= 15 is 0 Å². The first kappa shape index (κ1) is 33.4. The molecule has 34 heavy (non-hydrogen) atoms. The Morgan fingerprint density at radius 1 is 0.471 bits per heavy atom. The fourth-order valence-corrected chi connectivity index (χ4v) is 4.79. The van der Waals surface area contributed by atoms with E-state index in [0.29, 0.717) is 6.42 Å². The fourth-order valence-electron chi connectivity index (χ4n) is 4.79. The summed E-state index contributed by atoms with van der Waals surface area (Å²) in [6.45, 7) is 2.24. The first-order valence-corrected chi connectivity index (χ1v) is 15.1. The molecule has 0 saturated heterocycles. The van der Waals surface area contributed by atoms with Crippen molar-refractivity contribution in [3.8, 4) is 0 Å². The lowest BCUT2D eigenvalue weighted by atomic mass is 10.00. The third kappa shape index (κ3) is 27.6.